The molecule has 74 valence electrons. The number of nitrogens with two attached hydrogens (primary N) is 1. The highest BCUT2D eigenvalue weighted by Gasteiger charge is 2.17. The molecule has 0 aromatic heterocycles. The van der Waals surface area contributed by atoms with Crippen LogP contribution in [0.25, 0.3) is 0 Å². The molecule has 1 rings (SSSR count). The highest BCUT2D eigenvalue weighted by molar-refractivity contribution is 5.74. The highest BCUT2D eigenvalue weighted by Crippen LogP contribution is 2.24. The van der Waals surface area contributed by atoms with Crippen molar-refractivity contribution < 1.29 is 4.79 Å². The number of carbonyl (C=O) groups excluding carboxylic acids is 1. The lowest BCUT2D eigenvalue weighted by Gasteiger charge is -2.20. The summed E-state index contributed by atoms with van der Waals surface area (Å²) in [5.41, 5.74) is 6.19. The lowest BCUT2D eigenvalue weighted by molar-refractivity contribution is -0.118. The maximum Gasteiger partial charge on any atom is 0.218 e. The molecule has 1 aliphatic rings. The van der Waals surface area contributed by atoms with E-state index in [0.29, 0.717) is 12.3 Å². The lowest BCUT2D eigenvalue weighted by atomic mass is 9.85. The van der Waals surface area contributed by atoms with Crippen LogP contribution in [0.15, 0.2) is 23.8 Å². The van der Waals surface area contributed by atoms with Crippen molar-refractivity contribution in [1.82, 2.24) is 0 Å². The van der Waals surface area contributed by atoms with Gasteiger partial charge in [-0.2, -0.15) is 0 Å². The molecule has 0 radical (unpaired) electrons. The molecular weight excluding hydrogens is 174 g/mol. The van der Waals surface area contributed by atoms with Crippen LogP contribution in [0.1, 0.15) is 20.3 Å². The second-order valence-electron chi connectivity index (χ2n) is 3.55. The fourth-order valence-corrected chi connectivity index (χ4v) is 1.58. The largest absolute Gasteiger partial charge is 0.370 e. The van der Waals surface area contributed by atoms with E-state index in [4.69, 9.17) is 5.73 Å². The molecule has 0 bridgehead atoms. The van der Waals surface area contributed by atoms with E-state index in [-0.39, 0.29) is 11.8 Å². The average Bonchev–Trinajstić information content (AvgIpc) is 2.10. The van der Waals surface area contributed by atoms with E-state index in [2.05, 4.69) is 24.8 Å². The maximum atomic E-state index is 10.8. The van der Waals surface area contributed by atoms with Crippen LogP contribution >= 0.6 is 0 Å². The Balaban J connectivity index is 2.69. The van der Waals surface area contributed by atoms with Crippen molar-refractivity contribution in [3.05, 3.63) is 23.8 Å². The summed E-state index contributed by atoms with van der Waals surface area (Å²) in [6.45, 7) is 3.89. The number of hydrogen-bond donors (Lipinski definition) is 1. The smallest absolute Gasteiger partial charge is 0.218 e. The van der Waals surface area contributed by atoms with Gasteiger partial charge in [0.15, 0.2) is 0 Å². The molecule has 2 unspecified atom stereocenters. The summed E-state index contributed by atoms with van der Waals surface area (Å²) in [5, 5.41) is 0. The summed E-state index contributed by atoms with van der Waals surface area (Å²) in [7, 11) is 0. The van der Waals surface area contributed by atoms with Crippen molar-refractivity contribution >= 4 is 5.91 Å². The van der Waals surface area contributed by atoms with E-state index in [0.717, 1.165) is 5.57 Å². The molecule has 0 spiro atoms. The Hall–Kier alpha value is -1.49. The molecule has 14 heavy (non-hydrogen) atoms. The number of carbonyl (C=O) groups is 1. The molecule has 1 aliphatic carbocycles. The summed E-state index contributed by atoms with van der Waals surface area (Å²) >= 11 is 0. The van der Waals surface area contributed by atoms with Crippen LogP contribution in [0, 0.1) is 23.7 Å². The van der Waals surface area contributed by atoms with E-state index in [1.807, 2.05) is 19.1 Å². The fraction of sp³-hybridized carbons (Fsp3) is 0.417. The second-order valence-corrected chi connectivity index (χ2v) is 3.55. The third kappa shape index (κ3) is 2.77. The van der Waals surface area contributed by atoms with Gasteiger partial charge in [0.05, 0.1) is 0 Å². The van der Waals surface area contributed by atoms with Gasteiger partial charge in [-0.25, -0.2) is 0 Å². The van der Waals surface area contributed by atoms with Gasteiger partial charge in [0, 0.05) is 12.0 Å². The first-order valence-corrected chi connectivity index (χ1v) is 4.74. The first kappa shape index (κ1) is 10.6. The Bertz CT molecular complexity index is 341. The van der Waals surface area contributed by atoms with Crippen LogP contribution in [0.2, 0.25) is 0 Å². The van der Waals surface area contributed by atoms with Crippen LogP contribution in [-0.2, 0) is 4.79 Å². The monoisotopic (exact) mass is 189 g/mol. The summed E-state index contributed by atoms with van der Waals surface area (Å²) in [6, 6.07) is 0. The molecule has 0 aromatic carbocycles. The van der Waals surface area contributed by atoms with E-state index in [1.165, 1.54) is 0 Å². The van der Waals surface area contributed by atoms with Crippen molar-refractivity contribution in [2.75, 3.05) is 0 Å². The molecular formula is C12H15NO. The van der Waals surface area contributed by atoms with Crippen LogP contribution in [0.4, 0.5) is 0 Å². The van der Waals surface area contributed by atoms with Crippen LogP contribution < -0.4 is 5.73 Å². The molecule has 0 aliphatic heterocycles. The molecule has 0 saturated carbocycles. The zero-order valence-corrected chi connectivity index (χ0v) is 8.58. The number of rotatable bonds is 2. The Morgan fingerprint density at radius 3 is 2.86 bits per heavy atom. The molecule has 1 amide bonds. The third-order valence-electron chi connectivity index (χ3n) is 2.35. The van der Waals surface area contributed by atoms with Crippen LogP contribution in [0.3, 0.4) is 0 Å². The summed E-state index contributed by atoms with van der Waals surface area (Å²) < 4.78 is 0. The predicted molar refractivity (Wildman–Crippen MR) is 57.1 cm³/mol. The minimum absolute atomic E-state index is 0.231. The zero-order valence-electron chi connectivity index (χ0n) is 8.58. The zero-order chi connectivity index (χ0) is 10.6. The summed E-state index contributed by atoms with van der Waals surface area (Å²) in [4.78, 5) is 10.8. The van der Waals surface area contributed by atoms with Crippen molar-refractivity contribution in [1.29, 1.82) is 0 Å². The summed E-state index contributed by atoms with van der Waals surface area (Å²) in [5.74, 6) is 6.17. The van der Waals surface area contributed by atoms with Gasteiger partial charge in [-0.3, -0.25) is 4.79 Å². The highest BCUT2D eigenvalue weighted by atomic mass is 16.1. The van der Waals surface area contributed by atoms with Crippen molar-refractivity contribution in [2.45, 2.75) is 20.3 Å². The molecule has 0 heterocycles. The van der Waals surface area contributed by atoms with E-state index >= 15 is 0 Å². The minimum atomic E-state index is -0.245. The molecule has 2 atom stereocenters. The summed E-state index contributed by atoms with van der Waals surface area (Å²) in [6.07, 6.45) is 6.49. The molecule has 2 nitrogen and oxygen atoms in total. The Labute approximate surface area is 84.9 Å². The van der Waals surface area contributed by atoms with Gasteiger partial charge in [-0.1, -0.05) is 31.1 Å². The quantitative estimate of drug-likeness (QED) is 0.659. The minimum Gasteiger partial charge on any atom is -0.370 e. The molecule has 0 fully saturated rings. The van der Waals surface area contributed by atoms with Crippen molar-refractivity contribution in [2.24, 2.45) is 17.6 Å². The van der Waals surface area contributed by atoms with Crippen molar-refractivity contribution in [3.8, 4) is 11.8 Å². The second kappa shape index (κ2) is 4.66. The van der Waals surface area contributed by atoms with E-state index in [1.54, 1.807) is 0 Å². The van der Waals surface area contributed by atoms with Gasteiger partial charge < -0.3 is 5.73 Å². The normalized spacial score (nSPS) is 24.9. The Morgan fingerprint density at radius 1 is 1.64 bits per heavy atom. The third-order valence-corrected chi connectivity index (χ3v) is 2.35. The Morgan fingerprint density at radius 2 is 2.36 bits per heavy atom. The molecule has 0 saturated heterocycles. The van der Waals surface area contributed by atoms with Gasteiger partial charge in [-0.05, 0) is 18.8 Å². The molecule has 2 heteroatoms. The topological polar surface area (TPSA) is 43.1 Å². The number of amides is 1. The van der Waals surface area contributed by atoms with Gasteiger partial charge >= 0.3 is 0 Å². The number of primary amides is 1. The fourth-order valence-electron chi connectivity index (χ4n) is 1.58. The predicted octanol–water partition coefficient (Wildman–Crippen LogP) is 1.63. The van der Waals surface area contributed by atoms with E-state index in [9.17, 15) is 4.79 Å². The number of hydrogen-bond acceptors (Lipinski definition) is 1. The lowest BCUT2D eigenvalue weighted by Crippen LogP contribution is -2.20. The van der Waals surface area contributed by atoms with Crippen molar-refractivity contribution in [3.63, 3.8) is 0 Å². The molecule has 0 aromatic rings. The molecule has 2 N–H and O–H groups in total. The van der Waals surface area contributed by atoms with E-state index < -0.39 is 0 Å². The van der Waals surface area contributed by atoms with Gasteiger partial charge in [0.25, 0.3) is 0 Å². The SMILES string of the molecule is CC#CC1=CC(C)C(CC(N)=O)C=C1. The van der Waals surface area contributed by atoms with Gasteiger partial charge in [-0.15, -0.1) is 5.92 Å². The average molecular weight is 189 g/mol. The van der Waals surface area contributed by atoms with Gasteiger partial charge in [0.2, 0.25) is 5.91 Å². The van der Waals surface area contributed by atoms with Crippen LogP contribution in [-0.4, -0.2) is 5.91 Å². The van der Waals surface area contributed by atoms with Crippen LogP contribution in [0.5, 0.6) is 0 Å². The first-order valence-electron chi connectivity index (χ1n) is 4.74. The standard InChI is InChI=1S/C12H15NO/c1-3-4-10-5-6-11(8-12(13)14)9(2)7-10/h5-7,9,11H,8H2,1-2H3,(H2,13,14). The number of allylic oxidation sites excluding steroid dienone is 4. The van der Waals surface area contributed by atoms with Gasteiger partial charge in [0.1, 0.15) is 0 Å². The maximum absolute atomic E-state index is 10.8. The Kier molecular flexibility index (Phi) is 3.53. The first-order chi connectivity index (χ1) is 6.63.